The van der Waals surface area contributed by atoms with Crippen LogP contribution in [0.2, 0.25) is 5.02 Å². The molecule has 0 radical (unpaired) electrons. The summed E-state index contributed by atoms with van der Waals surface area (Å²) in [7, 11) is 3.07. The van der Waals surface area contributed by atoms with E-state index in [0.717, 1.165) is 0 Å². The van der Waals surface area contributed by atoms with Crippen LogP contribution in [0.3, 0.4) is 0 Å². The van der Waals surface area contributed by atoms with Crippen LogP contribution in [0.25, 0.3) is 0 Å². The first-order valence-electron chi connectivity index (χ1n) is 6.60. The Hall–Kier alpha value is -2.67. The van der Waals surface area contributed by atoms with Crippen LogP contribution in [0.1, 0.15) is 15.9 Å². The molecule has 0 aliphatic rings. The molecule has 1 aromatic carbocycles. The van der Waals surface area contributed by atoms with Crippen molar-refractivity contribution in [3.8, 4) is 5.88 Å². The van der Waals surface area contributed by atoms with E-state index in [1.54, 1.807) is 19.2 Å². The highest BCUT2D eigenvalue weighted by atomic mass is 35.5. The molecular formula is C15H14ClN3O4. The third kappa shape index (κ3) is 3.95. The standard InChI is InChI=1S/C15H14ClN3O4/c1-18(15(20)10-3-6-14(23-2)17-8-10)9-11-7-12(19(21)22)4-5-13(11)16/h3-8H,9H2,1-2H3. The third-order valence-electron chi connectivity index (χ3n) is 3.19. The van der Waals surface area contributed by atoms with E-state index >= 15 is 0 Å². The molecule has 1 heterocycles. The van der Waals surface area contributed by atoms with Gasteiger partial charge in [0.1, 0.15) is 0 Å². The molecule has 2 rings (SSSR count). The smallest absolute Gasteiger partial charge is 0.269 e. The van der Waals surface area contributed by atoms with Crippen molar-refractivity contribution >= 4 is 23.2 Å². The van der Waals surface area contributed by atoms with E-state index in [1.165, 1.54) is 36.4 Å². The highest BCUT2D eigenvalue weighted by molar-refractivity contribution is 6.31. The second kappa shape index (κ2) is 7.06. The SMILES string of the molecule is COc1ccc(C(=O)N(C)Cc2cc([N+](=O)[O-])ccc2Cl)cn1. The summed E-state index contributed by atoms with van der Waals surface area (Å²) in [4.78, 5) is 28.1. The summed E-state index contributed by atoms with van der Waals surface area (Å²) >= 11 is 6.05. The Morgan fingerprint density at radius 1 is 1.39 bits per heavy atom. The van der Waals surface area contributed by atoms with E-state index in [-0.39, 0.29) is 18.1 Å². The summed E-state index contributed by atoms with van der Waals surface area (Å²) in [5.41, 5.74) is 0.810. The number of nitrogens with zero attached hydrogens (tertiary/aromatic N) is 3. The fourth-order valence-corrected chi connectivity index (χ4v) is 2.15. The van der Waals surface area contributed by atoms with Gasteiger partial charge in [0.05, 0.1) is 17.6 Å². The molecule has 0 aliphatic heterocycles. The van der Waals surface area contributed by atoms with Gasteiger partial charge in [-0.25, -0.2) is 4.98 Å². The lowest BCUT2D eigenvalue weighted by Gasteiger charge is -2.18. The number of rotatable bonds is 5. The van der Waals surface area contributed by atoms with Gasteiger partial charge in [-0.3, -0.25) is 14.9 Å². The van der Waals surface area contributed by atoms with Gasteiger partial charge in [0.25, 0.3) is 11.6 Å². The van der Waals surface area contributed by atoms with E-state index < -0.39 is 4.92 Å². The second-order valence-electron chi connectivity index (χ2n) is 4.78. The Labute approximate surface area is 137 Å². The topological polar surface area (TPSA) is 85.6 Å². The predicted octanol–water partition coefficient (Wildman–Crippen LogP) is 2.92. The van der Waals surface area contributed by atoms with Crippen LogP contribution in [0, 0.1) is 10.1 Å². The molecule has 0 unspecified atom stereocenters. The van der Waals surface area contributed by atoms with Crippen LogP contribution in [0.15, 0.2) is 36.5 Å². The number of halogens is 1. The minimum atomic E-state index is -0.505. The summed E-state index contributed by atoms with van der Waals surface area (Å²) in [5, 5.41) is 11.2. The van der Waals surface area contributed by atoms with Crippen molar-refractivity contribution in [2.24, 2.45) is 0 Å². The maximum Gasteiger partial charge on any atom is 0.269 e. The minimum Gasteiger partial charge on any atom is -0.481 e. The highest BCUT2D eigenvalue weighted by Crippen LogP contribution is 2.23. The minimum absolute atomic E-state index is 0.0728. The highest BCUT2D eigenvalue weighted by Gasteiger charge is 2.16. The fourth-order valence-electron chi connectivity index (χ4n) is 1.97. The molecule has 1 amide bonds. The summed E-state index contributed by atoms with van der Waals surface area (Å²) < 4.78 is 4.94. The lowest BCUT2D eigenvalue weighted by Crippen LogP contribution is -2.26. The van der Waals surface area contributed by atoms with Gasteiger partial charge in [-0.15, -0.1) is 0 Å². The number of non-ortho nitro benzene ring substituents is 1. The number of methoxy groups -OCH3 is 1. The number of benzene rings is 1. The van der Waals surface area contributed by atoms with Crippen molar-refractivity contribution in [3.05, 3.63) is 62.8 Å². The van der Waals surface area contributed by atoms with Crippen LogP contribution >= 0.6 is 11.6 Å². The fraction of sp³-hybridized carbons (Fsp3) is 0.200. The lowest BCUT2D eigenvalue weighted by atomic mass is 10.1. The average Bonchev–Trinajstić information content (AvgIpc) is 2.56. The Kier molecular flexibility index (Phi) is 5.13. The van der Waals surface area contributed by atoms with Gasteiger partial charge < -0.3 is 9.64 Å². The largest absolute Gasteiger partial charge is 0.481 e. The van der Waals surface area contributed by atoms with Crippen molar-refractivity contribution in [1.82, 2.24) is 9.88 Å². The Balaban J connectivity index is 2.17. The predicted molar refractivity (Wildman–Crippen MR) is 84.7 cm³/mol. The summed E-state index contributed by atoms with van der Waals surface area (Å²) in [6, 6.07) is 7.31. The van der Waals surface area contributed by atoms with Crippen molar-refractivity contribution in [2.75, 3.05) is 14.2 Å². The second-order valence-corrected chi connectivity index (χ2v) is 5.19. The molecular weight excluding hydrogens is 322 g/mol. The summed E-state index contributed by atoms with van der Waals surface area (Å²) in [6.07, 6.45) is 1.41. The van der Waals surface area contributed by atoms with Crippen molar-refractivity contribution in [2.45, 2.75) is 6.54 Å². The molecule has 23 heavy (non-hydrogen) atoms. The number of carbonyl (C=O) groups is 1. The number of nitro benzene ring substituents is 1. The van der Waals surface area contributed by atoms with Crippen LogP contribution in [-0.4, -0.2) is 34.9 Å². The molecule has 0 fully saturated rings. The number of carbonyl (C=O) groups excluding carboxylic acids is 1. The Bertz CT molecular complexity index is 734. The molecule has 0 aliphatic carbocycles. The normalized spacial score (nSPS) is 10.2. The molecule has 0 bridgehead atoms. The van der Waals surface area contributed by atoms with Gasteiger partial charge in [0.15, 0.2) is 0 Å². The molecule has 8 heteroatoms. The van der Waals surface area contributed by atoms with E-state index in [4.69, 9.17) is 16.3 Å². The maximum atomic E-state index is 12.3. The monoisotopic (exact) mass is 335 g/mol. The van der Waals surface area contributed by atoms with E-state index in [9.17, 15) is 14.9 Å². The van der Waals surface area contributed by atoms with Crippen LogP contribution in [0.5, 0.6) is 5.88 Å². The van der Waals surface area contributed by atoms with Gasteiger partial charge in [0.2, 0.25) is 5.88 Å². The molecule has 0 saturated carbocycles. The van der Waals surface area contributed by atoms with Crippen LogP contribution < -0.4 is 4.74 Å². The number of hydrogen-bond acceptors (Lipinski definition) is 5. The zero-order valence-corrected chi connectivity index (χ0v) is 13.3. The summed E-state index contributed by atoms with van der Waals surface area (Å²) in [6.45, 7) is 0.144. The van der Waals surface area contributed by atoms with Crippen molar-refractivity contribution in [3.63, 3.8) is 0 Å². The number of ether oxygens (including phenoxy) is 1. The molecule has 0 atom stereocenters. The summed E-state index contributed by atoms with van der Waals surface area (Å²) in [5.74, 6) is 0.133. The average molecular weight is 336 g/mol. The quantitative estimate of drug-likeness (QED) is 0.619. The zero-order valence-electron chi connectivity index (χ0n) is 12.5. The van der Waals surface area contributed by atoms with Crippen LogP contribution in [-0.2, 0) is 6.54 Å². The molecule has 0 N–H and O–H groups in total. The number of aromatic nitrogens is 1. The Morgan fingerprint density at radius 3 is 2.70 bits per heavy atom. The van der Waals surface area contributed by atoms with E-state index in [2.05, 4.69) is 4.98 Å². The number of hydrogen-bond donors (Lipinski definition) is 0. The Morgan fingerprint density at radius 2 is 2.13 bits per heavy atom. The van der Waals surface area contributed by atoms with Gasteiger partial charge in [-0.2, -0.15) is 0 Å². The molecule has 1 aromatic heterocycles. The van der Waals surface area contributed by atoms with E-state index in [0.29, 0.717) is 22.0 Å². The first kappa shape index (κ1) is 16.7. The van der Waals surface area contributed by atoms with Gasteiger partial charge in [-0.1, -0.05) is 11.6 Å². The lowest BCUT2D eigenvalue weighted by molar-refractivity contribution is -0.384. The molecule has 7 nitrogen and oxygen atoms in total. The van der Waals surface area contributed by atoms with Crippen molar-refractivity contribution < 1.29 is 14.5 Å². The first-order chi connectivity index (χ1) is 10.9. The zero-order chi connectivity index (χ0) is 17.0. The van der Waals surface area contributed by atoms with Crippen molar-refractivity contribution in [1.29, 1.82) is 0 Å². The molecule has 120 valence electrons. The van der Waals surface area contributed by atoms with Gasteiger partial charge in [0, 0.05) is 43.0 Å². The van der Waals surface area contributed by atoms with Gasteiger partial charge >= 0.3 is 0 Å². The molecule has 0 saturated heterocycles. The number of pyridine rings is 1. The third-order valence-corrected chi connectivity index (χ3v) is 3.56. The van der Waals surface area contributed by atoms with Gasteiger partial charge in [-0.05, 0) is 17.7 Å². The molecule has 2 aromatic rings. The molecule has 0 spiro atoms. The van der Waals surface area contributed by atoms with E-state index in [1.807, 2.05) is 0 Å². The van der Waals surface area contributed by atoms with Crippen LogP contribution in [0.4, 0.5) is 5.69 Å². The maximum absolute atomic E-state index is 12.3. The number of nitro groups is 1. The first-order valence-corrected chi connectivity index (χ1v) is 6.98. The number of amides is 1.